The molecule has 17 heavy (non-hydrogen) atoms. The second kappa shape index (κ2) is 6.92. The molecule has 1 N–H and O–H groups in total. The van der Waals surface area contributed by atoms with Gasteiger partial charge in [-0.15, -0.1) is 0 Å². The Balaban J connectivity index is 1.58. The fourth-order valence-electron chi connectivity index (χ4n) is 2.02. The quantitative estimate of drug-likeness (QED) is 0.784. The van der Waals surface area contributed by atoms with Gasteiger partial charge in [-0.3, -0.25) is 0 Å². The molecule has 0 saturated carbocycles. The smallest absolute Gasteiger partial charge is 0.0666 e. The van der Waals surface area contributed by atoms with Crippen LogP contribution in [0.5, 0.6) is 0 Å². The molecule has 0 amide bonds. The van der Waals surface area contributed by atoms with Gasteiger partial charge >= 0.3 is 0 Å². The van der Waals surface area contributed by atoms with Gasteiger partial charge < -0.3 is 10.1 Å². The number of nitrogens with one attached hydrogen (secondary N) is 1. The van der Waals surface area contributed by atoms with E-state index in [1.54, 1.807) is 0 Å². The molecule has 0 radical (unpaired) electrons. The van der Waals surface area contributed by atoms with E-state index in [4.69, 9.17) is 4.74 Å². The zero-order valence-corrected chi connectivity index (χ0v) is 11.3. The highest BCUT2D eigenvalue weighted by atomic mass is 32.2. The molecule has 1 aromatic carbocycles. The fourth-order valence-corrected chi connectivity index (χ4v) is 2.96. The molecule has 0 spiro atoms. The molecule has 1 saturated heterocycles. The molecule has 2 rings (SSSR count). The molecule has 1 heterocycles. The van der Waals surface area contributed by atoms with Crippen molar-refractivity contribution in [3.05, 3.63) is 29.8 Å². The maximum Gasteiger partial charge on any atom is 0.0666 e. The Hall–Kier alpha value is -0.670. The van der Waals surface area contributed by atoms with Crippen LogP contribution in [0.3, 0.4) is 0 Å². The first kappa shape index (κ1) is 12.8. The predicted octanol–water partition coefficient (Wildman–Crippen LogP) is 3.32. The van der Waals surface area contributed by atoms with Crippen molar-refractivity contribution >= 4 is 17.4 Å². The molecule has 1 atom stereocenters. The van der Waals surface area contributed by atoms with Gasteiger partial charge in [-0.1, -0.05) is 18.2 Å². The maximum absolute atomic E-state index is 5.60. The Bertz CT molecular complexity index is 337. The summed E-state index contributed by atoms with van der Waals surface area (Å²) in [5.74, 6) is 2.30. The zero-order valence-electron chi connectivity index (χ0n) is 10.4. The Kier molecular flexibility index (Phi) is 5.20. The summed E-state index contributed by atoms with van der Waals surface area (Å²) in [6.07, 6.45) is 3.00. The van der Waals surface area contributed by atoms with E-state index in [0.717, 1.165) is 24.7 Å². The van der Waals surface area contributed by atoms with Gasteiger partial charge in [0.05, 0.1) is 6.10 Å². The number of ether oxygens (including phenoxy) is 1. The SMILES string of the molecule is Cc1ccccc1NCCSCC1CCCO1. The number of rotatable bonds is 6. The number of para-hydroxylation sites is 1. The minimum absolute atomic E-state index is 0.512. The van der Waals surface area contributed by atoms with Crippen LogP contribution in [0.1, 0.15) is 18.4 Å². The molecule has 0 aliphatic carbocycles. The lowest BCUT2D eigenvalue weighted by molar-refractivity contribution is 0.129. The molecular weight excluding hydrogens is 230 g/mol. The van der Waals surface area contributed by atoms with Crippen molar-refractivity contribution in [2.45, 2.75) is 25.9 Å². The standard InChI is InChI=1S/C14H21NOS/c1-12-5-2-3-7-14(12)15-8-10-17-11-13-6-4-9-16-13/h2-3,5,7,13,15H,4,6,8-11H2,1H3. The van der Waals surface area contributed by atoms with E-state index in [-0.39, 0.29) is 0 Å². The normalized spacial score (nSPS) is 19.5. The maximum atomic E-state index is 5.60. The summed E-state index contributed by atoms with van der Waals surface area (Å²) in [6.45, 7) is 4.14. The van der Waals surface area contributed by atoms with Gasteiger partial charge in [-0.05, 0) is 31.4 Å². The van der Waals surface area contributed by atoms with Gasteiger partial charge in [0.15, 0.2) is 0 Å². The van der Waals surface area contributed by atoms with Gasteiger partial charge in [-0.25, -0.2) is 0 Å². The summed E-state index contributed by atoms with van der Waals surface area (Å²) in [5, 5.41) is 3.48. The zero-order chi connectivity index (χ0) is 11.9. The van der Waals surface area contributed by atoms with Crippen molar-refractivity contribution in [3.63, 3.8) is 0 Å². The summed E-state index contributed by atoms with van der Waals surface area (Å²) in [5.41, 5.74) is 2.57. The molecule has 0 bridgehead atoms. The molecule has 1 unspecified atom stereocenters. The van der Waals surface area contributed by atoms with E-state index in [2.05, 4.69) is 36.5 Å². The summed E-state index contributed by atoms with van der Waals surface area (Å²) >= 11 is 1.99. The second-order valence-corrected chi connectivity index (χ2v) is 5.60. The monoisotopic (exact) mass is 251 g/mol. The van der Waals surface area contributed by atoms with Crippen molar-refractivity contribution in [3.8, 4) is 0 Å². The van der Waals surface area contributed by atoms with E-state index in [1.807, 2.05) is 11.8 Å². The first-order valence-corrected chi connectivity index (χ1v) is 7.50. The highest BCUT2D eigenvalue weighted by Gasteiger charge is 2.14. The summed E-state index contributed by atoms with van der Waals surface area (Å²) in [7, 11) is 0. The molecular formula is C14H21NOS. The number of hydrogen-bond donors (Lipinski definition) is 1. The first-order valence-electron chi connectivity index (χ1n) is 6.35. The summed E-state index contributed by atoms with van der Waals surface area (Å²) in [6, 6.07) is 8.43. The summed E-state index contributed by atoms with van der Waals surface area (Å²) in [4.78, 5) is 0. The number of thioether (sulfide) groups is 1. The van der Waals surface area contributed by atoms with Crippen molar-refractivity contribution in [1.29, 1.82) is 0 Å². The van der Waals surface area contributed by atoms with Gasteiger partial charge in [0.25, 0.3) is 0 Å². The lowest BCUT2D eigenvalue weighted by Gasteiger charge is -2.11. The van der Waals surface area contributed by atoms with Crippen molar-refractivity contribution < 1.29 is 4.74 Å². The molecule has 3 heteroatoms. The fraction of sp³-hybridized carbons (Fsp3) is 0.571. The Morgan fingerprint density at radius 1 is 1.41 bits per heavy atom. The van der Waals surface area contributed by atoms with Crippen LogP contribution in [0.2, 0.25) is 0 Å². The Morgan fingerprint density at radius 2 is 2.29 bits per heavy atom. The minimum Gasteiger partial charge on any atom is -0.384 e. The van der Waals surface area contributed by atoms with Crippen LogP contribution in [0.15, 0.2) is 24.3 Å². The number of benzene rings is 1. The van der Waals surface area contributed by atoms with Crippen LogP contribution in [0, 0.1) is 6.92 Å². The Morgan fingerprint density at radius 3 is 3.06 bits per heavy atom. The van der Waals surface area contributed by atoms with Crippen molar-refractivity contribution in [2.24, 2.45) is 0 Å². The molecule has 94 valence electrons. The van der Waals surface area contributed by atoms with E-state index >= 15 is 0 Å². The van der Waals surface area contributed by atoms with Crippen LogP contribution in [-0.2, 0) is 4.74 Å². The van der Waals surface area contributed by atoms with Gasteiger partial charge in [0.2, 0.25) is 0 Å². The number of aryl methyl sites for hydroxylation is 1. The lowest BCUT2D eigenvalue weighted by atomic mass is 10.2. The van der Waals surface area contributed by atoms with Crippen LogP contribution in [0.4, 0.5) is 5.69 Å². The Labute approximate surface area is 108 Å². The average molecular weight is 251 g/mol. The number of anilines is 1. The van der Waals surface area contributed by atoms with Gasteiger partial charge in [0, 0.05) is 30.3 Å². The third-order valence-corrected chi connectivity index (χ3v) is 4.13. The highest BCUT2D eigenvalue weighted by molar-refractivity contribution is 7.99. The minimum atomic E-state index is 0.512. The third kappa shape index (κ3) is 4.25. The van der Waals surface area contributed by atoms with Crippen molar-refractivity contribution in [2.75, 3.05) is 30.0 Å². The second-order valence-electron chi connectivity index (χ2n) is 4.45. The van der Waals surface area contributed by atoms with Gasteiger partial charge in [0.1, 0.15) is 0 Å². The molecule has 1 aliphatic rings. The third-order valence-electron chi connectivity index (χ3n) is 3.03. The molecule has 1 fully saturated rings. The topological polar surface area (TPSA) is 21.3 Å². The molecule has 1 aromatic rings. The van der Waals surface area contributed by atoms with Crippen LogP contribution >= 0.6 is 11.8 Å². The highest BCUT2D eigenvalue weighted by Crippen LogP contribution is 2.17. The van der Waals surface area contributed by atoms with Crippen LogP contribution in [-0.4, -0.2) is 30.8 Å². The van der Waals surface area contributed by atoms with E-state index in [0.29, 0.717) is 6.10 Å². The molecule has 1 aliphatic heterocycles. The lowest BCUT2D eigenvalue weighted by Crippen LogP contribution is -2.11. The van der Waals surface area contributed by atoms with E-state index in [1.165, 1.54) is 24.1 Å². The van der Waals surface area contributed by atoms with Crippen molar-refractivity contribution in [1.82, 2.24) is 0 Å². The molecule has 0 aromatic heterocycles. The summed E-state index contributed by atoms with van der Waals surface area (Å²) < 4.78 is 5.60. The molecule has 2 nitrogen and oxygen atoms in total. The van der Waals surface area contributed by atoms with Crippen LogP contribution in [0.25, 0.3) is 0 Å². The predicted molar refractivity (Wildman–Crippen MR) is 76.0 cm³/mol. The first-order chi connectivity index (χ1) is 8.36. The van der Waals surface area contributed by atoms with Crippen LogP contribution < -0.4 is 5.32 Å². The number of hydrogen-bond acceptors (Lipinski definition) is 3. The van der Waals surface area contributed by atoms with E-state index < -0.39 is 0 Å². The average Bonchev–Trinajstić information content (AvgIpc) is 2.84. The largest absolute Gasteiger partial charge is 0.384 e. The van der Waals surface area contributed by atoms with E-state index in [9.17, 15) is 0 Å². The van der Waals surface area contributed by atoms with Gasteiger partial charge in [-0.2, -0.15) is 11.8 Å².